The summed E-state index contributed by atoms with van der Waals surface area (Å²) in [7, 11) is 2.04. The van der Waals surface area contributed by atoms with Gasteiger partial charge >= 0.3 is 0 Å². The van der Waals surface area contributed by atoms with Crippen LogP contribution in [0.25, 0.3) is 0 Å². The predicted octanol–water partition coefficient (Wildman–Crippen LogP) is 3.52. The molecule has 1 aliphatic heterocycles. The standard InChI is InChI=1S/C16H25NO/c1-12-7-8-14(10-13(12)2)16(17-3)11-15-6-4-5-9-18-15/h7-8,10,15-17H,4-6,9,11H2,1-3H3. The molecule has 0 radical (unpaired) electrons. The van der Waals surface area contributed by atoms with Crippen LogP contribution in [0, 0.1) is 13.8 Å². The fourth-order valence-corrected chi connectivity index (χ4v) is 2.66. The lowest BCUT2D eigenvalue weighted by molar-refractivity contribution is 0.00548. The van der Waals surface area contributed by atoms with Crippen LogP contribution in [0.5, 0.6) is 0 Å². The zero-order valence-electron chi connectivity index (χ0n) is 11.8. The Morgan fingerprint density at radius 1 is 1.28 bits per heavy atom. The Balaban J connectivity index is 2.04. The molecular formula is C16H25NO. The highest BCUT2D eigenvalue weighted by Gasteiger charge is 2.19. The fraction of sp³-hybridized carbons (Fsp3) is 0.625. The molecule has 0 bridgehead atoms. The molecule has 100 valence electrons. The summed E-state index contributed by atoms with van der Waals surface area (Å²) in [4.78, 5) is 0. The number of aryl methyl sites for hydroxylation is 2. The molecular weight excluding hydrogens is 222 g/mol. The Morgan fingerprint density at radius 3 is 2.72 bits per heavy atom. The molecule has 1 aromatic carbocycles. The summed E-state index contributed by atoms with van der Waals surface area (Å²) in [5, 5.41) is 3.43. The normalized spacial score (nSPS) is 21.8. The van der Waals surface area contributed by atoms with E-state index in [0.29, 0.717) is 12.1 Å². The van der Waals surface area contributed by atoms with E-state index in [1.807, 2.05) is 7.05 Å². The smallest absolute Gasteiger partial charge is 0.0593 e. The van der Waals surface area contributed by atoms with Gasteiger partial charge in [-0.05, 0) is 63.3 Å². The Bertz CT molecular complexity index is 383. The van der Waals surface area contributed by atoms with Crippen LogP contribution in [0.15, 0.2) is 18.2 Å². The monoisotopic (exact) mass is 247 g/mol. The minimum absolute atomic E-state index is 0.410. The van der Waals surface area contributed by atoms with Gasteiger partial charge in [0.15, 0.2) is 0 Å². The molecule has 1 heterocycles. The Labute approximate surface area is 111 Å². The van der Waals surface area contributed by atoms with Crippen molar-refractivity contribution in [2.75, 3.05) is 13.7 Å². The number of nitrogens with one attached hydrogen (secondary N) is 1. The molecule has 1 fully saturated rings. The maximum absolute atomic E-state index is 5.85. The molecule has 0 aromatic heterocycles. The van der Waals surface area contributed by atoms with Crippen molar-refractivity contribution in [2.45, 2.75) is 51.7 Å². The molecule has 0 aliphatic carbocycles. The summed E-state index contributed by atoms with van der Waals surface area (Å²) in [5.41, 5.74) is 4.12. The maximum Gasteiger partial charge on any atom is 0.0593 e. The SMILES string of the molecule is CNC(CC1CCCCO1)c1ccc(C)c(C)c1. The summed E-state index contributed by atoms with van der Waals surface area (Å²) in [5.74, 6) is 0. The first-order chi connectivity index (χ1) is 8.70. The van der Waals surface area contributed by atoms with Gasteiger partial charge in [-0.25, -0.2) is 0 Å². The van der Waals surface area contributed by atoms with E-state index in [1.54, 1.807) is 0 Å². The molecule has 2 heteroatoms. The summed E-state index contributed by atoms with van der Waals surface area (Å²) in [6.45, 7) is 5.29. The van der Waals surface area contributed by atoms with E-state index < -0.39 is 0 Å². The van der Waals surface area contributed by atoms with Crippen LogP contribution < -0.4 is 5.32 Å². The van der Waals surface area contributed by atoms with Gasteiger partial charge in [0.05, 0.1) is 6.10 Å². The van der Waals surface area contributed by atoms with Crippen molar-refractivity contribution in [1.29, 1.82) is 0 Å². The average molecular weight is 247 g/mol. The molecule has 2 atom stereocenters. The summed E-state index contributed by atoms with van der Waals surface area (Å²) < 4.78 is 5.85. The molecule has 18 heavy (non-hydrogen) atoms. The van der Waals surface area contributed by atoms with Crippen LogP contribution in [-0.2, 0) is 4.74 Å². The molecule has 2 rings (SSSR count). The second-order valence-electron chi connectivity index (χ2n) is 5.41. The highest BCUT2D eigenvalue weighted by Crippen LogP contribution is 2.25. The Hall–Kier alpha value is -0.860. The van der Waals surface area contributed by atoms with Gasteiger partial charge < -0.3 is 10.1 Å². The van der Waals surface area contributed by atoms with Crippen LogP contribution in [0.2, 0.25) is 0 Å². The van der Waals surface area contributed by atoms with Crippen LogP contribution in [0.1, 0.15) is 48.4 Å². The lowest BCUT2D eigenvalue weighted by atomic mass is 9.94. The highest BCUT2D eigenvalue weighted by atomic mass is 16.5. The van der Waals surface area contributed by atoms with E-state index in [9.17, 15) is 0 Å². The van der Waals surface area contributed by atoms with Crippen LogP contribution in [-0.4, -0.2) is 19.8 Å². The number of ether oxygens (including phenoxy) is 1. The van der Waals surface area contributed by atoms with Crippen molar-refractivity contribution in [3.63, 3.8) is 0 Å². The lowest BCUT2D eigenvalue weighted by Gasteiger charge is -2.27. The van der Waals surface area contributed by atoms with E-state index in [-0.39, 0.29) is 0 Å². The molecule has 1 aromatic rings. The topological polar surface area (TPSA) is 21.3 Å². The number of benzene rings is 1. The first-order valence-corrected chi connectivity index (χ1v) is 7.06. The van der Waals surface area contributed by atoms with Crippen molar-refractivity contribution in [1.82, 2.24) is 5.32 Å². The van der Waals surface area contributed by atoms with Crippen LogP contribution in [0.4, 0.5) is 0 Å². The molecule has 1 N–H and O–H groups in total. The minimum atomic E-state index is 0.410. The Morgan fingerprint density at radius 2 is 2.11 bits per heavy atom. The van der Waals surface area contributed by atoms with Crippen molar-refractivity contribution < 1.29 is 4.74 Å². The second-order valence-corrected chi connectivity index (χ2v) is 5.41. The first-order valence-electron chi connectivity index (χ1n) is 7.06. The molecule has 0 spiro atoms. The quantitative estimate of drug-likeness (QED) is 0.879. The molecule has 2 unspecified atom stereocenters. The molecule has 1 saturated heterocycles. The van der Waals surface area contributed by atoms with Gasteiger partial charge in [-0.2, -0.15) is 0 Å². The number of hydrogen-bond donors (Lipinski definition) is 1. The van der Waals surface area contributed by atoms with Gasteiger partial charge in [-0.1, -0.05) is 18.2 Å². The van der Waals surface area contributed by atoms with Crippen molar-refractivity contribution >= 4 is 0 Å². The lowest BCUT2D eigenvalue weighted by Crippen LogP contribution is -2.27. The number of hydrogen-bond acceptors (Lipinski definition) is 2. The maximum atomic E-state index is 5.85. The summed E-state index contributed by atoms with van der Waals surface area (Å²) >= 11 is 0. The van der Waals surface area contributed by atoms with Crippen molar-refractivity contribution in [2.24, 2.45) is 0 Å². The van der Waals surface area contributed by atoms with E-state index in [0.717, 1.165) is 13.0 Å². The van der Waals surface area contributed by atoms with Crippen LogP contribution >= 0.6 is 0 Å². The van der Waals surface area contributed by atoms with Gasteiger partial charge in [0, 0.05) is 12.6 Å². The summed E-state index contributed by atoms with van der Waals surface area (Å²) in [6.07, 6.45) is 5.26. The first kappa shape index (κ1) is 13.6. The third kappa shape index (κ3) is 3.33. The molecule has 2 nitrogen and oxygen atoms in total. The fourth-order valence-electron chi connectivity index (χ4n) is 2.66. The Kier molecular flexibility index (Phi) is 4.79. The van der Waals surface area contributed by atoms with Gasteiger partial charge in [0.25, 0.3) is 0 Å². The third-order valence-electron chi connectivity index (χ3n) is 4.05. The summed E-state index contributed by atoms with van der Waals surface area (Å²) in [6, 6.07) is 7.18. The average Bonchev–Trinajstić information content (AvgIpc) is 2.40. The zero-order chi connectivity index (χ0) is 13.0. The van der Waals surface area contributed by atoms with Gasteiger partial charge in [-0.3, -0.25) is 0 Å². The zero-order valence-corrected chi connectivity index (χ0v) is 11.8. The van der Waals surface area contributed by atoms with Crippen LogP contribution in [0.3, 0.4) is 0 Å². The van der Waals surface area contributed by atoms with Gasteiger partial charge in [-0.15, -0.1) is 0 Å². The van der Waals surface area contributed by atoms with Gasteiger partial charge in [0.1, 0.15) is 0 Å². The minimum Gasteiger partial charge on any atom is -0.378 e. The predicted molar refractivity (Wildman–Crippen MR) is 75.9 cm³/mol. The second kappa shape index (κ2) is 6.35. The van der Waals surface area contributed by atoms with Crippen molar-refractivity contribution in [3.05, 3.63) is 34.9 Å². The number of rotatable bonds is 4. The van der Waals surface area contributed by atoms with E-state index in [2.05, 4.69) is 37.4 Å². The highest BCUT2D eigenvalue weighted by molar-refractivity contribution is 5.31. The van der Waals surface area contributed by atoms with E-state index in [4.69, 9.17) is 4.74 Å². The third-order valence-corrected chi connectivity index (χ3v) is 4.05. The van der Waals surface area contributed by atoms with Gasteiger partial charge in [0.2, 0.25) is 0 Å². The molecule has 0 saturated carbocycles. The molecule has 1 aliphatic rings. The molecule has 0 amide bonds. The van der Waals surface area contributed by atoms with E-state index >= 15 is 0 Å². The largest absolute Gasteiger partial charge is 0.378 e. The van der Waals surface area contributed by atoms with E-state index in [1.165, 1.54) is 36.0 Å². The van der Waals surface area contributed by atoms with Crippen molar-refractivity contribution in [3.8, 4) is 0 Å².